The van der Waals surface area contributed by atoms with Crippen LogP contribution in [0.1, 0.15) is 18.2 Å². The Balaban J connectivity index is 1.80. The van der Waals surface area contributed by atoms with Crippen molar-refractivity contribution >= 4 is 22.5 Å². The summed E-state index contributed by atoms with van der Waals surface area (Å²) >= 11 is 0. The van der Waals surface area contributed by atoms with Gasteiger partial charge in [0.2, 0.25) is 0 Å². The Kier molecular flexibility index (Phi) is 4.35. The average molecular weight is 349 g/mol. The number of rotatable bonds is 4. The van der Waals surface area contributed by atoms with Crippen molar-refractivity contribution in [2.24, 2.45) is 5.10 Å². The van der Waals surface area contributed by atoms with Crippen LogP contribution in [0.2, 0.25) is 0 Å². The number of fused-ring (bicyclic) bond motifs is 1. The molecule has 0 radical (unpaired) electrons. The first-order valence-electron chi connectivity index (χ1n) is 7.29. The molecule has 0 aliphatic heterocycles. The molecule has 1 N–H and O–H groups in total. The fraction of sp³-hybridized carbons (Fsp3) is 0.176. The van der Waals surface area contributed by atoms with Gasteiger partial charge in [0.1, 0.15) is 11.5 Å². The van der Waals surface area contributed by atoms with E-state index in [4.69, 9.17) is 9.15 Å². The van der Waals surface area contributed by atoms with E-state index < -0.39 is 11.7 Å². The number of hydrazone groups is 1. The summed E-state index contributed by atoms with van der Waals surface area (Å²) in [6.45, 7) is 1.71. The van der Waals surface area contributed by atoms with Gasteiger partial charge in [-0.05, 0) is 31.2 Å². The number of aromatic nitrogens is 1. The molecular weight excluding hydrogens is 335 g/mol. The van der Waals surface area contributed by atoms with E-state index in [9.17, 15) is 13.2 Å². The van der Waals surface area contributed by atoms with Gasteiger partial charge in [-0.1, -0.05) is 12.1 Å². The van der Waals surface area contributed by atoms with E-state index >= 15 is 0 Å². The van der Waals surface area contributed by atoms with Crippen LogP contribution in [0.5, 0.6) is 5.75 Å². The smallest absolute Gasteiger partial charge is 0.417 e. The first-order valence-corrected chi connectivity index (χ1v) is 7.29. The number of hydrogen-bond acceptors (Lipinski definition) is 5. The summed E-state index contributed by atoms with van der Waals surface area (Å²) in [7, 11) is 1.55. The number of halogens is 3. The maximum Gasteiger partial charge on any atom is 0.417 e. The Morgan fingerprint density at radius 1 is 1.24 bits per heavy atom. The van der Waals surface area contributed by atoms with Gasteiger partial charge in [-0.15, -0.1) is 0 Å². The van der Waals surface area contributed by atoms with Crippen molar-refractivity contribution in [3.8, 4) is 5.75 Å². The van der Waals surface area contributed by atoms with Crippen LogP contribution in [0.3, 0.4) is 0 Å². The molecule has 0 fully saturated rings. The van der Waals surface area contributed by atoms with Gasteiger partial charge < -0.3 is 9.15 Å². The third-order valence-corrected chi connectivity index (χ3v) is 3.51. The monoisotopic (exact) mass is 349 g/mol. The second kappa shape index (κ2) is 6.46. The molecule has 2 aromatic heterocycles. The first-order chi connectivity index (χ1) is 11.9. The fourth-order valence-corrected chi connectivity index (χ4v) is 2.20. The summed E-state index contributed by atoms with van der Waals surface area (Å²) < 4.78 is 48.5. The zero-order valence-electron chi connectivity index (χ0n) is 13.4. The second-order valence-electron chi connectivity index (χ2n) is 5.23. The second-order valence-corrected chi connectivity index (χ2v) is 5.23. The van der Waals surface area contributed by atoms with Crippen molar-refractivity contribution < 1.29 is 22.3 Å². The number of furan rings is 1. The van der Waals surface area contributed by atoms with E-state index in [1.807, 2.05) is 12.1 Å². The van der Waals surface area contributed by atoms with Crippen LogP contribution in [0, 0.1) is 0 Å². The van der Waals surface area contributed by atoms with Gasteiger partial charge in [0, 0.05) is 11.6 Å². The van der Waals surface area contributed by atoms with Crippen molar-refractivity contribution in [3.05, 3.63) is 53.9 Å². The number of nitrogens with zero attached hydrogens (tertiary/aromatic N) is 2. The van der Waals surface area contributed by atoms with Gasteiger partial charge in [-0.3, -0.25) is 5.43 Å². The lowest BCUT2D eigenvalue weighted by molar-refractivity contribution is -0.137. The fourth-order valence-electron chi connectivity index (χ4n) is 2.20. The lowest BCUT2D eigenvalue weighted by Crippen LogP contribution is -2.06. The number of para-hydroxylation sites is 1. The highest BCUT2D eigenvalue weighted by Crippen LogP contribution is 2.30. The molecule has 3 rings (SSSR count). The van der Waals surface area contributed by atoms with Crippen LogP contribution < -0.4 is 10.2 Å². The Morgan fingerprint density at radius 2 is 2.04 bits per heavy atom. The topological polar surface area (TPSA) is 59.6 Å². The molecular formula is C17H14F3N3O2. The van der Waals surface area contributed by atoms with Gasteiger partial charge in [0.25, 0.3) is 0 Å². The van der Waals surface area contributed by atoms with E-state index in [2.05, 4.69) is 15.5 Å². The van der Waals surface area contributed by atoms with Crippen LogP contribution in [0.4, 0.5) is 19.0 Å². The molecule has 130 valence electrons. The predicted molar refractivity (Wildman–Crippen MR) is 87.8 cm³/mol. The van der Waals surface area contributed by atoms with Gasteiger partial charge in [0.15, 0.2) is 17.1 Å². The average Bonchev–Trinajstić information content (AvgIpc) is 3.03. The van der Waals surface area contributed by atoms with Gasteiger partial charge in [-0.2, -0.15) is 18.3 Å². The normalized spacial score (nSPS) is 12.4. The van der Waals surface area contributed by atoms with Crippen LogP contribution in [-0.4, -0.2) is 17.8 Å². The number of pyridine rings is 1. The van der Waals surface area contributed by atoms with Crippen LogP contribution >= 0.6 is 0 Å². The minimum absolute atomic E-state index is 0.195. The SMILES string of the molecule is COc1cccc2cc(/C(C)=N\Nc3ccc(C(F)(F)F)cn3)oc12. The first kappa shape index (κ1) is 16.8. The summed E-state index contributed by atoms with van der Waals surface area (Å²) in [6, 6.07) is 9.46. The highest BCUT2D eigenvalue weighted by Gasteiger charge is 2.30. The molecule has 25 heavy (non-hydrogen) atoms. The number of alkyl halides is 3. The zero-order valence-corrected chi connectivity index (χ0v) is 13.4. The Bertz CT molecular complexity index is 915. The van der Waals surface area contributed by atoms with Crippen molar-refractivity contribution in [3.63, 3.8) is 0 Å². The lowest BCUT2D eigenvalue weighted by atomic mass is 10.2. The number of anilines is 1. The maximum atomic E-state index is 12.5. The van der Waals surface area contributed by atoms with Gasteiger partial charge in [0.05, 0.1) is 12.7 Å². The van der Waals surface area contributed by atoms with Crippen molar-refractivity contribution in [2.45, 2.75) is 13.1 Å². The summed E-state index contributed by atoms with van der Waals surface area (Å²) in [5.74, 6) is 1.31. The Hall–Kier alpha value is -3.03. The summed E-state index contributed by atoms with van der Waals surface area (Å²) in [5, 5.41) is 4.95. The molecule has 0 aliphatic carbocycles. The molecule has 0 bridgehead atoms. The Morgan fingerprint density at radius 3 is 2.68 bits per heavy atom. The Labute approximate surface area is 141 Å². The molecule has 0 saturated heterocycles. The standard InChI is InChI=1S/C17H14F3N3O2/c1-10(14-8-11-4-3-5-13(24-2)16(11)25-14)22-23-15-7-6-12(9-21-15)17(18,19)20/h3-9H,1-2H3,(H,21,23)/b22-10-. The maximum absolute atomic E-state index is 12.5. The molecule has 0 amide bonds. The number of benzene rings is 1. The molecule has 0 atom stereocenters. The molecule has 2 heterocycles. The number of methoxy groups -OCH3 is 1. The largest absolute Gasteiger partial charge is 0.493 e. The third kappa shape index (κ3) is 3.57. The lowest BCUT2D eigenvalue weighted by Gasteiger charge is -2.06. The number of nitrogens with one attached hydrogen (secondary N) is 1. The quantitative estimate of drug-likeness (QED) is 0.548. The molecule has 0 unspecified atom stereocenters. The number of hydrogen-bond donors (Lipinski definition) is 1. The molecule has 0 aliphatic rings. The van der Waals surface area contributed by atoms with Crippen molar-refractivity contribution in [1.29, 1.82) is 0 Å². The van der Waals surface area contributed by atoms with E-state index in [1.165, 1.54) is 6.07 Å². The van der Waals surface area contributed by atoms with E-state index in [-0.39, 0.29) is 5.82 Å². The highest BCUT2D eigenvalue weighted by molar-refractivity contribution is 6.00. The summed E-state index contributed by atoms with van der Waals surface area (Å²) in [5.41, 5.74) is 2.91. The molecule has 0 saturated carbocycles. The van der Waals surface area contributed by atoms with Crippen LogP contribution in [-0.2, 0) is 6.18 Å². The molecule has 0 spiro atoms. The molecule has 1 aromatic carbocycles. The third-order valence-electron chi connectivity index (χ3n) is 3.51. The van der Waals surface area contributed by atoms with Gasteiger partial charge in [-0.25, -0.2) is 4.98 Å². The van der Waals surface area contributed by atoms with Gasteiger partial charge >= 0.3 is 6.18 Å². The minimum atomic E-state index is -4.42. The zero-order chi connectivity index (χ0) is 18.0. The molecule has 3 aromatic rings. The van der Waals surface area contributed by atoms with Crippen molar-refractivity contribution in [2.75, 3.05) is 12.5 Å². The predicted octanol–water partition coefficient (Wildman–Crippen LogP) is 4.69. The molecule has 8 heteroatoms. The molecule has 5 nitrogen and oxygen atoms in total. The summed E-state index contributed by atoms with van der Waals surface area (Å²) in [6.07, 6.45) is -3.67. The van der Waals surface area contributed by atoms with E-state index in [0.29, 0.717) is 22.8 Å². The van der Waals surface area contributed by atoms with E-state index in [1.54, 1.807) is 26.2 Å². The van der Waals surface area contributed by atoms with E-state index in [0.717, 1.165) is 17.6 Å². The number of ether oxygens (including phenoxy) is 1. The van der Waals surface area contributed by atoms with Crippen molar-refractivity contribution in [1.82, 2.24) is 4.98 Å². The highest BCUT2D eigenvalue weighted by atomic mass is 19.4. The minimum Gasteiger partial charge on any atom is -0.493 e. The van der Waals surface area contributed by atoms with Crippen LogP contribution in [0.15, 0.2) is 52.1 Å². The summed E-state index contributed by atoms with van der Waals surface area (Å²) in [4.78, 5) is 3.69. The van der Waals surface area contributed by atoms with Crippen LogP contribution in [0.25, 0.3) is 11.0 Å².